The maximum absolute atomic E-state index is 12.5. The highest BCUT2D eigenvalue weighted by Gasteiger charge is 2.49. The molecule has 1 aromatic rings. The van der Waals surface area contributed by atoms with E-state index < -0.39 is 11.5 Å². The third-order valence-electron chi connectivity index (χ3n) is 4.49. The van der Waals surface area contributed by atoms with Crippen LogP contribution in [0.15, 0.2) is 24.3 Å². The molecule has 0 bridgehead atoms. The van der Waals surface area contributed by atoms with Crippen molar-refractivity contribution in [3.63, 3.8) is 0 Å². The summed E-state index contributed by atoms with van der Waals surface area (Å²) < 4.78 is 5.45. The highest BCUT2D eigenvalue weighted by atomic mass is 35.5. The molecule has 1 aliphatic rings. The second kappa shape index (κ2) is 7.32. The van der Waals surface area contributed by atoms with Gasteiger partial charge in [0.2, 0.25) is 11.8 Å². The molecule has 2 amide bonds. The standard InChI is InChI=1S/C17H22ClNO4/c1-3-17(4-2)9-15(21)19(16(17)22)10-13(20)11-23-14-7-5-12(18)6-8-14/h5-8,13,20H,3-4,9-11H2,1-2H3/t13-/m0/s1. The number of β-amino-alcohol motifs (C(OH)–C–C–N with tert-alkyl or cyclic N) is 1. The molecule has 1 heterocycles. The fourth-order valence-corrected chi connectivity index (χ4v) is 2.96. The van der Waals surface area contributed by atoms with Crippen LogP contribution in [-0.2, 0) is 9.59 Å². The third kappa shape index (κ3) is 3.85. The van der Waals surface area contributed by atoms with Crippen molar-refractivity contribution in [2.45, 2.75) is 39.2 Å². The van der Waals surface area contributed by atoms with E-state index in [1.54, 1.807) is 24.3 Å². The molecule has 1 aliphatic heterocycles. The van der Waals surface area contributed by atoms with E-state index in [2.05, 4.69) is 0 Å². The van der Waals surface area contributed by atoms with Crippen molar-refractivity contribution in [1.82, 2.24) is 4.90 Å². The first-order valence-electron chi connectivity index (χ1n) is 7.83. The summed E-state index contributed by atoms with van der Waals surface area (Å²) >= 11 is 5.79. The van der Waals surface area contributed by atoms with Gasteiger partial charge in [0.15, 0.2) is 0 Å². The summed E-state index contributed by atoms with van der Waals surface area (Å²) in [5, 5.41) is 10.7. The summed E-state index contributed by atoms with van der Waals surface area (Å²) in [6.45, 7) is 3.80. The molecule has 1 saturated heterocycles. The lowest BCUT2D eigenvalue weighted by atomic mass is 9.81. The second-order valence-electron chi connectivity index (χ2n) is 5.89. The maximum Gasteiger partial charge on any atom is 0.235 e. The summed E-state index contributed by atoms with van der Waals surface area (Å²) in [6, 6.07) is 6.77. The SMILES string of the molecule is CCC1(CC)CC(=O)N(C[C@H](O)COc2ccc(Cl)cc2)C1=O. The quantitative estimate of drug-likeness (QED) is 0.775. The van der Waals surface area contributed by atoms with Gasteiger partial charge in [0.1, 0.15) is 18.5 Å². The van der Waals surface area contributed by atoms with Crippen LogP contribution in [0.5, 0.6) is 5.75 Å². The molecule has 1 N–H and O–H groups in total. The van der Waals surface area contributed by atoms with E-state index in [4.69, 9.17) is 16.3 Å². The van der Waals surface area contributed by atoms with Crippen LogP contribution in [0.4, 0.5) is 0 Å². The Bertz CT molecular complexity index is 568. The number of rotatable bonds is 7. The number of imide groups is 1. The average Bonchev–Trinajstić information content (AvgIpc) is 2.79. The highest BCUT2D eigenvalue weighted by molar-refractivity contribution is 6.30. The van der Waals surface area contributed by atoms with Gasteiger partial charge >= 0.3 is 0 Å². The Morgan fingerprint density at radius 1 is 1.26 bits per heavy atom. The molecule has 1 aromatic carbocycles. The number of hydrogen-bond acceptors (Lipinski definition) is 4. The molecule has 2 rings (SSSR count). The lowest BCUT2D eigenvalue weighted by Crippen LogP contribution is -2.41. The van der Waals surface area contributed by atoms with Gasteiger partial charge < -0.3 is 9.84 Å². The topological polar surface area (TPSA) is 66.8 Å². The Balaban J connectivity index is 1.92. The van der Waals surface area contributed by atoms with Crippen molar-refractivity contribution in [1.29, 1.82) is 0 Å². The van der Waals surface area contributed by atoms with Gasteiger partial charge in [0, 0.05) is 11.4 Å². The minimum absolute atomic E-state index is 0.00391. The average molecular weight is 340 g/mol. The van der Waals surface area contributed by atoms with E-state index in [0.717, 1.165) is 0 Å². The first-order valence-corrected chi connectivity index (χ1v) is 8.21. The number of nitrogens with zero attached hydrogens (tertiary/aromatic N) is 1. The molecule has 1 fully saturated rings. The number of ether oxygens (including phenoxy) is 1. The summed E-state index contributed by atoms with van der Waals surface area (Å²) in [5.41, 5.74) is -0.603. The Hall–Kier alpha value is -1.59. The smallest absolute Gasteiger partial charge is 0.235 e. The largest absolute Gasteiger partial charge is 0.491 e. The number of hydrogen-bond donors (Lipinski definition) is 1. The molecule has 5 nitrogen and oxygen atoms in total. The molecule has 23 heavy (non-hydrogen) atoms. The minimum Gasteiger partial charge on any atom is -0.491 e. The maximum atomic E-state index is 12.5. The molecular weight excluding hydrogens is 318 g/mol. The first-order chi connectivity index (χ1) is 10.9. The van der Waals surface area contributed by atoms with Crippen LogP contribution in [0.3, 0.4) is 0 Å². The molecule has 0 saturated carbocycles. The number of halogens is 1. The lowest BCUT2D eigenvalue weighted by molar-refractivity contribution is -0.143. The van der Waals surface area contributed by atoms with E-state index in [-0.39, 0.29) is 31.4 Å². The van der Waals surface area contributed by atoms with E-state index in [1.165, 1.54) is 4.90 Å². The van der Waals surface area contributed by atoms with Crippen LogP contribution in [0.1, 0.15) is 33.1 Å². The van der Waals surface area contributed by atoms with Crippen molar-refractivity contribution in [2.75, 3.05) is 13.2 Å². The fourth-order valence-electron chi connectivity index (χ4n) is 2.83. The zero-order valence-corrected chi connectivity index (χ0v) is 14.2. The van der Waals surface area contributed by atoms with Crippen molar-refractivity contribution in [3.8, 4) is 5.75 Å². The van der Waals surface area contributed by atoms with Crippen LogP contribution in [-0.4, -0.2) is 41.1 Å². The van der Waals surface area contributed by atoms with E-state index in [9.17, 15) is 14.7 Å². The van der Waals surface area contributed by atoms with Gasteiger partial charge in [-0.2, -0.15) is 0 Å². The molecule has 0 spiro atoms. The molecule has 126 valence electrons. The third-order valence-corrected chi connectivity index (χ3v) is 4.74. The highest BCUT2D eigenvalue weighted by Crippen LogP contribution is 2.39. The number of benzene rings is 1. The number of aliphatic hydroxyl groups excluding tert-OH is 1. The Labute approximate surface area is 141 Å². The Morgan fingerprint density at radius 3 is 2.39 bits per heavy atom. The van der Waals surface area contributed by atoms with Gasteiger partial charge in [-0.1, -0.05) is 25.4 Å². The zero-order chi connectivity index (χ0) is 17.0. The molecule has 6 heteroatoms. The van der Waals surface area contributed by atoms with Crippen molar-refractivity contribution < 1.29 is 19.4 Å². The molecule has 0 aliphatic carbocycles. The van der Waals surface area contributed by atoms with Crippen molar-refractivity contribution in [2.24, 2.45) is 5.41 Å². The van der Waals surface area contributed by atoms with Crippen molar-refractivity contribution >= 4 is 23.4 Å². The number of carbonyl (C=O) groups is 2. The Morgan fingerprint density at radius 2 is 1.87 bits per heavy atom. The molecule has 0 aromatic heterocycles. The Kier molecular flexibility index (Phi) is 5.65. The van der Waals surface area contributed by atoms with Gasteiger partial charge in [0.05, 0.1) is 12.0 Å². The molecule has 0 radical (unpaired) electrons. The number of aliphatic hydroxyl groups is 1. The zero-order valence-electron chi connectivity index (χ0n) is 13.4. The summed E-state index contributed by atoms with van der Waals surface area (Å²) in [4.78, 5) is 25.8. The fraction of sp³-hybridized carbons (Fsp3) is 0.529. The number of amides is 2. The predicted octanol–water partition coefficient (Wildman–Crippen LogP) is 2.65. The normalized spacial score (nSPS) is 18.3. The molecular formula is C17H22ClNO4. The summed E-state index contributed by atoms with van der Waals surface area (Å²) in [5.74, 6) is 0.172. The van der Waals surface area contributed by atoms with Gasteiger partial charge in [0.25, 0.3) is 0 Å². The molecule has 1 atom stereocenters. The van der Waals surface area contributed by atoms with Crippen LogP contribution < -0.4 is 4.74 Å². The van der Waals surface area contributed by atoms with Crippen LogP contribution in [0.2, 0.25) is 5.02 Å². The monoisotopic (exact) mass is 339 g/mol. The van der Waals surface area contributed by atoms with Gasteiger partial charge in [-0.05, 0) is 37.1 Å². The lowest BCUT2D eigenvalue weighted by Gasteiger charge is -2.24. The summed E-state index contributed by atoms with van der Waals surface area (Å²) in [6.07, 6.45) is 0.552. The summed E-state index contributed by atoms with van der Waals surface area (Å²) in [7, 11) is 0. The van der Waals surface area contributed by atoms with Crippen LogP contribution >= 0.6 is 11.6 Å². The number of likely N-dealkylation sites (tertiary alicyclic amines) is 1. The van der Waals surface area contributed by atoms with Crippen LogP contribution in [0.25, 0.3) is 0 Å². The van der Waals surface area contributed by atoms with E-state index >= 15 is 0 Å². The predicted molar refractivity (Wildman–Crippen MR) is 87.3 cm³/mol. The minimum atomic E-state index is -0.928. The van der Waals surface area contributed by atoms with Gasteiger partial charge in [-0.3, -0.25) is 14.5 Å². The second-order valence-corrected chi connectivity index (χ2v) is 6.33. The van der Waals surface area contributed by atoms with E-state index in [0.29, 0.717) is 23.6 Å². The van der Waals surface area contributed by atoms with E-state index in [1.807, 2.05) is 13.8 Å². The van der Waals surface area contributed by atoms with Gasteiger partial charge in [-0.25, -0.2) is 0 Å². The molecule has 0 unspecified atom stereocenters. The van der Waals surface area contributed by atoms with Crippen molar-refractivity contribution in [3.05, 3.63) is 29.3 Å². The number of carbonyl (C=O) groups excluding carboxylic acids is 2. The first kappa shape index (κ1) is 17.8. The van der Waals surface area contributed by atoms with Gasteiger partial charge in [-0.15, -0.1) is 0 Å². The van der Waals surface area contributed by atoms with Crippen LogP contribution in [0, 0.1) is 5.41 Å².